The second-order valence-electron chi connectivity index (χ2n) is 7.45. The molecule has 0 aliphatic carbocycles. The number of piperidine rings is 1. The minimum absolute atomic E-state index is 0.0758. The first kappa shape index (κ1) is 20.0. The van der Waals surface area contributed by atoms with Crippen LogP contribution < -0.4 is 15.0 Å². The minimum Gasteiger partial charge on any atom is -0.476 e. The molecule has 2 aliphatic heterocycles. The van der Waals surface area contributed by atoms with Gasteiger partial charge in [0.2, 0.25) is 5.91 Å². The number of furan rings is 1. The molecule has 8 nitrogen and oxygen atoms in total. The number of nitrogens with one attached hydrogen (secondary N) is 1. The number of fused-ring (bicyclic) bond motifs is 1. The van der Waals surface area contributed by atoms with Gasteiger partial charge in [-0.1, -0.05) is 12.1 Å². The van der Waals surface area contributed by atoms with E-state index in [9.17, 15) is 14.4 Å². The lowest BCUT2D eigenvalue weighted by Crippen LogP contribution is -2.53. The predicted molar refractivity (Wildman–Crippen MR) is 109 cm³/mol. The lowest BCUT2D eigenvalue weighted by Gasteiger charge is -2.37. The summed E-state index contributed by atoms with van der Waals surface area (Å²) >= 11 is 0. The van der Waals surface area contributed by atoms with Crippen molar-refractivity contribution >= 4 is 23.4 Å². The molecule has 0 spiro atoms. The molecule has 1 unspecified atom stereocenters. The number of para-hydroxylation sites is 2. The fraction of sp³-hybridized carbons (Fsp3) is 0.409. The van der Waals surface area contributed by atoms with Gasteiger partial charge < -0.3 is 24.3 Å². The fourth-order valence-corrected chi connectivity index (χ4v) is 3.83. The molecule has 1 aromatic carbocycles. The summed E-state index contributed by atoms with van der Waals surface area (Å²) in [7, 11) is 0. The van der Waals surface area contributed by atoms with E-state index in [4.69, 9.17) is 9.15 Å². The van der Waals surface area contributed by atoms with Crippen molar-refractivity contribution in [2.45, 2.75) is 31.8 Å². The molecule has 0 radical (unpaired) electrons. The van der Waals surface area contributed by atoms with Crippen molar-refractivity contribution in [1.82, 2.24) is 10.2 Å². The van der Waals surface area contributed by atoms with Gasteiger partial charge in [-0.3, -0.25) is 14.4 Å². The zero-order chi connectivity index (χ0) is 20.9. The minimum atomic E-state index is -0.723. The van der Waals surface area contributed by atoms with Crippen LogP contribution >= 0.6 is 0 Å². The predicted octanol–water partition coefficient (Wildman–Crippen LogP) is 2.21. The van der Waals surface area contributed by atoms with Crippen molar-refractivity contribution in [2.75, 3.05) is 31.1 Å². The van der Waals surface area contributed by atoms with Crippen LogP contribution in [0.5, 0.6) is 5.75 Å². The number of rotatable bonds is 5. The SMILES string of the molecule is O=C(NCCC(=O)N1CC(C(=O)N2CCCCC2)Oc2ccccc21)c1ccco1. The second kappa shape index (κ2) is 9.02. The van der Waals surface area contributed by atoms with Crippen LogP contribution in [0.1, 0.15) is 36.2 Å². The lowest BCUT2D eigenvalue weighted by molar-refractivity contribution is -0.139. The number of benzene rings is 1. The maximum Gasteiger partial charge on any atom is 0.286 e. The average Bonchev–Trinajstić information content (AvgIpc) is 3.33. The summed E-state index contributed by atoms with van der Waals surface area (Å²) in [4.78, 5) is 41.3. The highest BCUT2D eigenvalue weighted by atomic mass is 16.5. The van der Waals surface area contributed by atoms with Crippen LogP contribution in [0.25, 0.3) is 0 Å². The number of nitrogens with zero attached hydrogens (tertiary/aromatic N) is 2. The van der Waals surface area contributed by atoms with Gasteiger partial charge in [-0.15, -0.1) is 0 Å². The lowest BCUT2D eigenvalue weighted by atomic mass is 10.1. The normalized spacial score (nSPS) is 18.3. The fourth-order valence-electron chi connectivity index (χ4n) is 3.83. The Bertz CT molecular complexity index is 905. The van der Waals surface area contributed by atoms with Gasteiger partial charge in [0.05, 0.1) is 18.5 Å². The molecular formula is C22H25N3O5. The van der Waals surface area contributed by atoms with Crippen LogP contribution in [0.4, 0.5) is 5.69 Å². The molecule has 0 saturated carbocycles. The zero-order valence-electron chi connectivity index (χ0n) is 16.7. The molecule has 2 aliphatic rings. The van der Waals surface area contributed by atoms with Crippen molar-refractivity contribution in [2.24, 2.45) is 0 Å². The Morgan fingerprint density at radius 1 is 1.03 bits per heavy atom. The van der Waals surface area contributed by atoms with Crippen molar-refractivity contribution < 1.29 is 23.5 Å². The molecule has 4 rings (SSSR count). The van der Waals surface area contributed by atoms with Crippen LogP contribution in [0.3, 0.4) is 0 Å². The van der Waals surface area contributed by atoms with Crippen LogP contribution in [0.15, 0.2) is 47.1 Å². The van der Waals surface area contributed by atoms with Gasteiger partial charge in [-0.05, 0) is 43.5 Å². The zero-order valence-corrected chi connectivity index (χ0v) is 16.7. The molecule has 3 amide bonds. The molecule has 3 heterocycles. The molecule has 1 atom stereocenters. The van der Waals surface area contributed by atoms with Crippen LogP contribution in [0.2, 0.25) is 0 Å². The number of amides is 3. The van der Waals surface area contributed by atoms with E-state index in [1.165, 1.54) is 6.26 Å². The molecule has 158 valence electrons. The van der Waals surface area contributed by atoms with E-state index in [0.29, 0.717) is 11.4 Å². The van der Waals surface area contributed by atoms with Gasteiger partial charge in [-0.2, -0.15) is 0 Å². The highest BCUT2D eigenvalue weighted by molar-refractivity contribution is 5.98. The molecule has 1 aromatic heterocycles. The quantitative estimate of drug-likeness (QED) is 0.814. The van der Waals surface area contributed by atoms with Crippen molar-refractivity contribution in [1.29, 1.82) is 0 Å². The summed E-state index contributed by atoms with van der Waals surface area (Å²) in [5, 5.41) is 2.68. The van der Waals surface area contributed by atoms with Gasteiger partial charge in [0.15, 0.2) is 11.9 Å². The third-order valence-corrected chi connectivity index (χ3v) is 5.39. The third-order valence-electron chi connectivity index (χ3n) is 5.39. The van der Waals surface area contributed by atoms with Gasteiger partial charge in [-0.25, -0.2) is 0 Å². The van der Waals surface area contributed by atoms with Crippen molar-refractivity contribution in [3.8, 4) is 5.75 Å². The summed E-state index contributed by atoms with van der Waals surface area (Å²) in [5.74, 6) is 0.0989. The van der Waals surface area contributed by atoms with Crippen molar-refractivity contribution in [3.63, 3.8) is 0 Å². The van der Waals surface area contributed by atoms with Crippen LogP contribution in [-0.2, 0) is 9.59 Å². The standard InChI is InChI=1S/C22H25N3O5/c26-20(10-11-23-21(27)18-9-6-14-29-18)25-15-19(22(28)24-12-4-1-5-13-24)30-17-8-3-2-7-16(17)25/h2-3,6-9,14,19H,1,4-5,10-13,15H2,(H,23,27). The Balaban J connectivity index is 1.42. The van der Waals surface area contributed by atoms with E-state index in [2.05, 4.69) is 5.32 Å². The van der Waals surface area contributed by atoms with E-state index in [1.54, 1.807) is 29.2 Å². The molecule has 1 N–H and O–H groups in total. The number of carbonyl (C=O) groups is 3. The van der Waals surface area contributed by atoms with Gasteiger partial charge in [0.1, 0.15) is 5.75 Å². The summed E-state index contributed by atoms with van der Waals surface area (Å²) in [6.07, 6.45) is 3.92. The topological polar surface area (TPSA) is 92.1 Å². The summed E-state index contributed by atoms with van der Waals surface area (Å²) in [6.45, 7) is 1.79. The first-order valence-electron chi connectivity index (χ1n) is 10.3. The van der Waals surface area contributed by atoms with E-state index in [0.717, 1.165) is 32.4 Å². The smallest absolute Gasteiger partial charge is 0.286 e. The van der Waals surface area contributed by atoms with E-state index < -0.39 is 6.10 Å². The van der Waals surface area contributed by atoms with E-state index in [1.807, 2.05) is 17.0 Å². The highest BCUT2D eigenvalue weighted by Gasteiger charge is 2.36. The Hall–Kier alpha value is -3.29. The Morgan fingerprint density at radius 3 is 2.60 bits per heavy atom. The maximum atomic E-state index is 13.0. The molecular weight excluding hydrogens is 386 g/mol. The number of anilines is 1. The molecule has 1 saturated heterocycles. The molecule has 2 aromatic rings. The van der Waals surface area contributed by atoms with Gasteiger partial charge in [0, 0.05) is 26.1 Å². The Kier molecular flexibility index (Phi) is 6.02. The van der Waals surface area contributed by atoms with Gasteiger partial charge >= 0.3 is 0 Å². The average molecular weight is 411 g/mol. The van der Waals surface area contributed by atoms with Crippen molar-refractivity contribution in [3.05, 3.63) is 48.4 Å². The second-order valence-corrected chi connectivity index (χ2v) is 7.45. The maximum absolute atomic E-state index is 13.0. The van der Waals surface area contributed by atoms with Crippen LogP contribution in [-0.4, -0.2) is 54.9 Å². The monoisotopic (exact) mass is 411 g/mol. The summed E-state index contributed by atoms with van der Waals surface area (Å²) in [6, 6.07) is 10.4. The summed E-state index contributed by atoms with van der Waals surface area (Å²) < 4.78 is 11.0. The number of likely N-dealkylation sites (tertiary alicyclic amines) is 1. The van der Waals surface area contributed by atoms with E-state index in [-0.39, 0.29) is 43.0 Å². The summed E-state index contributed by atoms with van der Waals surface area (Å²) in [5.41, 5.74) is 0.641. The largest absolute Gasteiger partial charge is 0.476 e. The first-order valence-corrected chi connectivity index (χ1v) is 10.3. The highest BCUT2D eigenvalue weighted by Crippen LogP contribution is 2.34. The first-order chi connectivity index (χ1) is 14.6. The number of hydrogen-bond donors (Lipinski definition) is 1. The molecule has 30 heavy (non-hydrogen) atoms. The number of hydrogen-bond acceptors (Lipinski definition) is 5. The Labute approximate surface area is 174 Å². The molecule has 8 heteroatoms. The Morgan fingerprint density at radius 2 is 1.83 bits per heavy atom. The molecule has 0 bridgehead atoms. The van der Waals surface area contributed by atoms with Gasteiger partial charge in [0.25, 0.3) is 11.8 Å². The number of ether oxygens (including phenoxy) is 1. The van der Waals surface area contributed by atoms with Crippen LogP contribution in [0, 0.1) is 0 Å². The third kappa shape index (κ3) is 4.32. The molecule has 1 fully saturated rings. The number of carbonyl (C=O) groups excluding carboxylic acids is 3. The van der Waals surface area contributed by atoms with E-state index >= 15 is 0 Å².